The number of nitrogens with one attached hydrogen (secondary N) is 2. The summed E-state index contributed by atoms with van der Waals surface area (Å²) >= 11 is 0. The van der Waals surface area contributed by atoms with Crippen LogP contribution in [0.15, 0.2) is 78.9 Å². The van der Waals surface area contributed by atoms with Crippen molar-refractivity contribution in [3.63, 3.8) is 0 Å². The fourth-order valence-corrected chi connectivity index (χ4v) is 3.37. The van der Waals surface area contributed by atoms with Crippen molar-refractivity contribution in [2.45, 2.75) is 6.92 Å². The van der Waals surface area contributed by atoms with Crippen molar-refractivity contribution in [3.8, 4) is 0 Å². The third-order valence-corrected chi connectivity index (χ3v) is 4.96. The second-order valence-electron chi connectivity index (χ2n) is 6.87. The lowest BCUT2D eigenvalue weighted by molar-refractivity contribution is -0.116. The smallest absolute Gasteiger partial charge is 0.258 e. The van der Waals surface area contributed by atoms with Crippen molar-refractivity contribution in [1.29, 1.82) is 0 Å². The summed E-state index contributed by atoms with van der Waals surface area (Å²) in [4.78, 5) is 26.2. The Hall–Kier alpha value is -3.86. The molecule has 0 radical (unpaired) electrons. The topological polar surface area (TPSA) is 61.4 Å². The van der Waals surface area contributed by atoms with Crippen LogP contribution in [0.5, 0.6) is 0 Å². The van der Waals surface area contributed by atoms with E-state index in [4.69, 9.17) is 0 Å². The van der Waals surface area contributed by atoms with Crippen LogP contribution in [-0.4, -0.2) is 18.9 Å². The van der Waals surface area contributed by atoms with Gasteiger partial charge in [-0.05, 0) is 29.8 Å². The highest BCUT2D eigenvalue weighted by molar-refractivity contribution is 6.37. The molecular formula is C24H21N3O2. The normalized spacial score (nSPS) is 14.1. The van der Waals surface area contributed by atoms with E-state index in [0.717, 1.165) is 33.9 Å². The minimum absolute atomic E-state index is 0.0483. The minimum atomic E-state index is -0.144. The maximum atomic E-state index is 12.8. The van der Waals surface area contributed by atoms with Gasteiger partial charge in [-0.2, -0.15) is 0 Å². The maximum Gasteiger partial charge on any atom is 0.258 e. The largest absolute Gasteiger partial charge is 0.354 e. The first kappa shape index (κ1) is 18.5. The Bertz CT molecular complexity index is 1120. The lowest BCUT2D eigenvalue weighted by Crippen LogP contribution is -2.22. The molecule has 3 aromatic carbocycles. The molecule has 0 aromatic heterocycles. The van der Waals surface area contributed by atoms with Gasteiger partial charge in [-0.3, -0.25) is 9.59 Å². The molecule has 4 rings (SSSR count). The van der Waals surface area contributed by atoms with E-state index in [9.17, 15) is 9.59 Å². The molecule has 2 amide bonds. The SMILES string of the molecule is CC(=O)N(C)c1cccc(N/C(=C2\C(=O)Nc3ccccc32)c2ccccc2)c1. The van der Waals surface area contributed by atoms with Crippen LogP contribution in [0, 0.1) is 0 Å². The summed E-state index contributed by atoms with van der Waals surface area (Å²) in [7, 11) is 1.73. The zero-order valence-corrected chi connectivity index (χ0v) is 16.3. The van der Waals surface area contributed by atoms with Crippen LogP contribution < -0.4 is 15.5 Å². The van der Waals surface area contributed by atoms with Gasteiger partial charge in [-0.15, -0.1) is 0 Å². The van der Waals surface area contributed by atoms with Crippen LogP contribution in [0.3, 0.4) is 0 Å². The lowest BCUT2D eigenvalue weighted by atomic mass is 10.00. The number of anilines is 3. The predicted octanol–water partition coefficient (Wildman–Crippen LogP) is 4.60. The molecule has 1 aliphatic rings. The molecule has 1 heterocycles. The number of para-hydroxylation sites is 1. The number of hydrogen-bond donors (Lipinski definition) is 2. The van der Waals surface area contributed by atoms with Gasteiger partial charge >= 0.3 is 0 Å². The summed E-state index contributed by atoms with van der Waals surface area (Å²) < 4.78 is 0. The fourth-order valence-electron chi connectivity index (χ4n) is 3.37. The number of carbonyl (C=O) groups excluding carboxylic acids is 2. The monoisotopic (exact) mass is 383 g/mol. The van der Waals surface area contributed by atoms with Crippen molar-refractivity contribution < 1.29 is 9.59 Å². The van der Waals surface area contributed by atoms with Crippen LogP contribution in [0.25, 0.3) is 11.3 Å². The van der Waals surface area contributed by atoms with E-state index in [2.05, 4.69) is 10.6 Å². The van der Waals surface area contributed by atoms with Gasteiger partial charge in [0.25, 0.3) is 5.91 Å². The second kappa shape index (κ2) is 7.64. The zero-order chi connectivity index (χ0) is 20.4. The molecule has 0 saturated carbocycles. The average Bonchev–Trinajstić information content (AvgIpc) is 3.08. The van der Waals surface area contributed by atoms with E-state index in [1.54, 1.807) is 11.9 Å². The molecule has 0 unspecified atom stereocenters. The van der Waals surface area contributed by atoms with Gasteiger partial charge in [-0.25, -0.2) is 0 Å². The van der Waals surface area contributed by atoms with Crippen LogP contribution in [0.2, 0.25) is 0 Å². The van der Waals surface area contributed by atoms with Gasteiger partial charge in [0.05, 0.1) is 11.3 Å². The Morgan fingerprint density at radius 3 is 2.41 bits per heavy atom. The Balaban J connectivity index is 1.84. The van der Waals surface area contributed by atoms with E-state index >= 15 is 0 Å². The molecular weight excluding hydrogens is 362 g/mol. The quantitative estimate of drug-likeness (QED) is 0.647. The molecule has 5 nitrogen and oxygen atoms in total. The Labute approximate surface area is 169 Å². The van der Waals surface area contributed by atoms with Crippen LogP contribution in [0.1, 0.15) is 18.1 Å². The molecule has 0 bridgehead atoms. The summed E-state index contributed by atoms with van der Waals surface area (Å²) in [5, 5.41) is 6.36. The van der Waals surface area contributed by atoms with E-state index in [1.165, 1.54) is 6.92 Å². The Kier molecular flexibility index (Phi) is 4.87. The van der Waals surface area contributed by atoms with Crippen molar-refractivity contribution in [1.82, 2.24) is 0 Å². The molecule has 144 valence electrons. The number of amides is 2. The highest BCUT2D eigenvalue weighted by Crippen LogP contribution is 2.37. The molecule has 0 saturated heterocycles. The van der Waals surface area contributed by atoms with E-state index < -0.39 is 0 Å². The molecule has 0 atom stereocenters. The van der Waals surface area contributed by atoms with Gasteiger partial charge in [0, 0.05) is 36.6 Å². The molecule has 2 N–H and O–H groups in total. The standard InChI is InChI=1S/C24H21N3O2/c1-16(28)27(2)19-12-8-11-18(15-19)25-23(17-9-4-3-5-10-17)22-20-13-6-7-14-21(20)26-24(22)29/h3-15,25H,1-2H3,(H,26,29)/b23-22-. The molecule has 0 fully saturated rings. The highest BCUT2D eigenvalue weighted by Gasteiger charge is 2.28. The number of benzene rings is 3. The molecule has 0 spiro atoms. The Morgan fingerprint density at radius 1 is 0.931 bits per heavy atom. The summed E-state index contributed by atoms with van der Waals surface area (Å²) in [5.74, 6) is -0.192. The van der Waals surface area contributed by atoms with Gasteiger partial charge in [0.15, 0.2) is 0 Å². The van der Waals surface area contributed by atoms with Gasteiger partial charge in [-0.1, -0.05) is 54.6 Å². The van der Waals surface area contributed by atoms with E-state index in [1.807, 2.05) is 78.9 Å². The molecule has 29 heavy (non-hydrogen) atoms. The summed E-state index contributed by atoms with van der Waals surface area (Å²) in [6.07, 6.45) is 0. The molecule has 0 aliphatic carbocycles. The Morgan fingerprint density at radius 2 is 1.66 bits per heavy atom. The van der Waals surface area contributed by atoms with Crippen molar-refractivity contribution in [2.24, 2.45) is 0 Å². The number of fused-ring (bicyclic) bond motifs is 1. The molecule has 5 heteroatoms. The predicted molar refractivity (Wildman–Crippen MR) is 117 cm³/mol. The van der Waals surface area contributed by atoms with Crippen LogP contribution in [-0.2, 0) is 9.59 Å². The number of carbonyl (C=O) groups is 2. The second-order valence-corrected chi connectivity index (χ2v) is 6.87. The fraction of sp³-hybridized carbons (Fsp3) is 0.0833. The molecule has 1 aliphatic heterocycles. The summed E-state index contributed by atoms with van der Waals surface area (Å²) in [5.41, 5.74) is 5.44. The maximum absolute atomic E-state index is 12.8. The minimum Gasteiger partial charge on any atom is -0.354 e. The lowest BCUT2D eigenvalue weighted by Gasteiger charge is -2.18. The van der Waals surface area contributed by atoms with Gasteiger partial charge in [0.2, 0.25) is 5.91 Å². The third kappa shape index (κ3) is 3.62. The summed E-state index contributed by atoms with van der Waals surface area (Å²) in [6, 6.07) is 25.0. The number of hydrogen-bond acceptors (Lipinski definition) is 3. The van der Waals surface area contributed by atoms with Crippen molar-refractivity contribution in [2.75, 3.05) is 22.6 Å². The zero-order valence-electron chi connectivity index (χ0n) is 16.3. The van der Waals surface area contributed by atoms with Crippen LogP contribution >= 0.6 is 0 Å². The van der Waals surface area contributed by atoms with Crippen LogP contribution in [0.4, 0.5) is 17.1 Å². The van der Waals surface area contributed by atoms with Crippen molar-refractivity contribution in [3.05, 3.63) is 90.0 Å². The first-order valence-corrected chi connectivity index (χ1v) is 9.36. The first-order chi connectivity index (χ1) is 14.0. The molecule has 3 aromatic rings. The highest BCUT2D eigenvalue weighted by atomic mass is 16.2. The average molecular weight is 383 g/mol. The van der Waals surface area contributed by atoms with Crippen molar-refractivity contribution >= 4 is 40.1 Å². The number of nitrogens with zero attached hydrogens (tertiary/aromatic N) is 1. The summed E-state index contributed by atoms with van der Waals surface area (Å²) in [6.45, 7) is 1.53. The van der Waals surface area contributed by atoms with Gasteiger partial charge < -0.3 is 15.5 Å². The van der Waals surface area contributed by atoms with E-state index in [-0.39, 0.29) is 11.8 Å². The number of rotatable bonds is 4. The third-order valence-electron chi connectivity index (χ3n) is 4.96. The van der Waals surface area contributed by atoms with E-state index in [0.29, 0.717) is 5.57 Å². The van der Waals surface area contributed by atoms with Gasteiger partial charge in [0.1, 0.15) is 0 Å². The first-order valence-electron chi connectivity index (χ1n) is 9.36.